The van der Waals surface area contributed by atoms with Gasteiger partial charge in [0.05, 0.1) is 22.8 Å². The van der Waals surface area contributed by atoms with Crippen LogP contribution < -0.4 is 0 Å². The Balaban J connectivity index is 0.000000641. The first-order chi connectivity index (χ1) is 18.1. The van der Waals surface area contributed by atoms with Crippen LogP contribution in [-0.4, -0.2) is 30.4 Å². The zero-order valence-corrected chi connectivity index (χ0v) is 25.1. The molecule has 0 saturated carbocycles. The van der Waals surface area contributed by atoms with Crippen LogP contribution in [0.4, 0.5) is 0 Å². The van der Waals surface area contributed by atoms with Crippen molar-refractivity contribution in [3.63, 3.8) is 0 Å². The molecule has 5 aromatic rings. The van der Waals surface area contributed by atoms with Gasteiger partial charge in [0.25, 0.3) is 0 Å². The van der Waals surface area contributed by atoms with Gasteiger partial charge in [-0.25, -0.2) is 4.98 Å². The standard InChI is InChI=1S/C23H15N3S2.3CNS.Ru/c1-3-11-24-17(6-1)19-14-16(15-20(26-19)18-7-2-4-12-25-18)21-9-10-23(28-21)22-8-5-13-27-22;3*2-1-3;/h1-15H;;;;/q;3*-1;+3. The first-order valence-corrected chi connectivity index (χ1v) is 13.1. The zero-order chi connectivity index (χ0) is 26.9. The second-order valence-corrected chi connectivity index (χ2v) is 9.05. The summed E-state index contributed by atoms with van der Waals surface area (Å²) >= 11 is 14.7. The Morgan fingerprint density at radius 1 is 0.605 bits per heavy atom. The quantitative estimate of drug-likeness (QED) is 0.108. The molecule has 5 aromatic heterocycles. The molecule has 0 spiro atoms. The van der Waals surface area contributed by atoms with Crippen molar-refractivity contribution < 1.29 is 19.5 Å². The van der Waals surface area contributed by atoms with Gasteiger partial charge in [-0.2, -0.15) is 15.5 Å². The average Bonchev–Trinajstić information content (AvgIpc) is 3.64. The van der Waals surface area contributed by atoms with Crippen LogP contribution in [0.25, 0.3) is 59.2 Å². The van der Waals surface area contributed by atoms with E-state index in [1.54, 1.807) is 35.1 Å². The molecule has 12 heteroatoms. The van der Waals surface area contributed by atoms with Gasteiger partial charge in [0, 0.05) is 27.0 Å². The van der Waals surface area contributed by atoms with E-state index in [1.807, 2.05) is 36.4 Å². The molecule has 0 fully saturated rings. The molecule has 0 atom stereocenters. The van der Waals surface area contributed by atoms with Gasteiger partial charge in [0.15, 0.2) is 0 Å². The summed E-state index contributed by atoms with van der Waals surface area (Å²) in [5.74, 6) is 0. The monoisotopic (exact) mass is 673 g/mol. The molecule has 0 aliphatic heterocycles. The van der Waals surface area contributed by atoms with E-state index in [0.29, 0.717) is 0 Å². The van der Waals surface area contributed by atoms with Crippen molar-refractivity contribution in [2.45, 2.75) is 0 Å². The summed E-state index contributed by atoms with van der Waals surface area (Å²) in [4.78, 5) is 17.6. The number of aromatic nitrogens is 3. The van der Waals surface area contributed by atoms with E-state index in [-0.39, 0.29) is 19.5 Å². The molecule has 0 N–H and O–H groups in total. The second-order valence-electron chi connectivity index (χ2n) is 6.47. The average molecular weight is 673 g/mol. The minimum atomic E-state index is 0. The first-order valence-electron chi connectivity index (χ1n) is 10.1. The normalized spacial score (nSPS) is 8.63. The zero-order valence-electron chi connectivity index (χ0n) is 19.2. The van der Waals surface area contributed by atoms with Gasteiger partial charge in [-0.3, -0.25) is 9.97 Å². The van der Waals surface area contributed by atoms with E-state index in [2.05, 4.69) is 88.4 Å². The number of hydrogen-bond acceptors (Lipinski definition) is 8. The number of hydrogen-bond donors (Lipinski definition) is 0. The van der Waals surface area contributed by atoms with Crippen LogP contribution in [0.15, 0.2) is 90.6 Å². The minimum Gasteiger partial charge on any atom is -0.753 e. The molecule has 0 amide bonds. The summed E-state index contributed by atoms with van der Waals surface area (Å²) in [5, 5.41) is 27.5. The Hall–Kier alpha value is -3.13. The van der Waals surface area contributed by atoms with E-state index in [0.717, 1.165) is 28.3 Å². The minimum absolute atomic E-state index is 0. The smallest absolute Gasteiger partial charge is 0.753 e. The third-order valence-corrected chi connectivity index (χ3v) is 6.53. The molecule has 0 bridgehead atoms. The van der Waals surface area contributed by atoms with Crippen molar-refractivity contribution >= 4 is 74.8 Å². The number of isothiocyanates is 3. The SMILES string of the molecule is [N-]=C=S.[N-]=C=S.[N-]=C=S.[Ru+3].c1ccc(-c2cc(-c3ccc(-c4cccs4)s3)cc(-c3ccccn3)n2)nc1. The van der Waals surface area contributed by atoms with Crippen molar-refractivity contribution in [1.82, 2.24) is 15.0 Å². The molecule has 38 heavy (non-hydrogen) atoms. The number of thiocarbonyl (C=S) groups is 3. The van der Waals surface area contributed by atoms with Crippen LogP contribution in [0.2, 0.25) is 0 Å². The van der Waals surface area contributed by atoms with Gasteiger partial charge >= 0.3 is 19.5 Å². The number of thiophene rings is 2. The Morgan fingerprint density at radius 2 is 1.11 bits per heavy atom. The van der Waals surface area contributed by atoms with E-state index in [9.17, 15) is 0 Å². The van der Waals surface area contributed by atoms with Crippen molar-refractivity contribution in [3.05, 3.63) is 107 Å². The Morgan fingerprint density at radius 3 is 1.53 bits per heavy atom. The van der Waals surface area contributed by atoms with Crippen molar-refractivity contribution in [1.29, 1.82) is 0 Å². The molecular formula is C26H15N6RuS5. The fourth-order valence-corrected chi connectivity index (χ4v) is 4.84. The van der Waals surface area contributed by atoms with Crippen molar-refractivity contribution in [2.75, 3.05) is 0 Å². The van der Waals surface area contributed by atoms with E-state index >= 15 is 0 Å². The molecule has 0 aliphatic rings. The maximum Gasteiger partial charge on any atom is 3.00 e. The number of nitrogens with zero attached hydrogens (tertiary/aromatic N) is 6. The van der Waals surface area contributed by atoms with Crippen LogP contribution in [0.1, 0.15) is 0 Å². The van der Waals surface area contributed by atoms with Gasteiger partial charge in [-0.15, -0.1) is 22.7 Å². The summed E-state index contributed by atoms with van der Waals surface area (Å²) < 4.78 is 0. The fraction of sp³-hybridized carbons (Fsp3) is 0. The van der Waals surface area contributed by atoms with Gasteiger partial charge in [0.2, 0.25) is 0 Å². The number of rotatable bonds is 4. The molecule has 0 saturated heterocycles. The molecule has 5 rings (SSSR count). The van der Waals surface area contributed by atoms with E-state index in [4.69, 9.17) is 21.2 Å². The summed E-state index contributed by atoms with van der Waals surface area (Å²) in [7, 11) is 0. The van der Waals surface area contributed by atoms with E-state index in [1.165, 1.54) is 30.1 Å². The molecule has 6 nitrogen and oxygen atoms in total. The fourth-order valence-electron chi connectivity index (χ4n) is 3.01. The van der Waals surface area contributed by atoms with Crippen molar-refractivity contribution in [3.8, 4) is 43.0 Å². The van der Waals surface area contributed by atoms with Crippen LogP contribution >= 0.6 is 59.3 Å². The summed E-state index contributed by atoms with van der Waals surface area (Å²) in [6.45, 7) is 0. The topological polar surface area (TPSA) is 106 Å². The van der Waals surface area contributed by atoms with E-state index < -0.39 is 0 Å². The van der Waals surface area contributed by atoms with Crippen LogP contribution in [0, 0.1) is 0 Å². The maximum absolute atomic E-state index is 7.13. The Labute approximate surface area is 257 Å². The van der Waals surface area contributed by atoms with Gasteiger partial charge in [-0.05, 0) is 65.5 Å². The van der Waals surface area contributed by atoms with Crippen molar-refractivity contribution in [2.24, 2.45) is 0 Å². The van der Waals surface area contributed by atoms with Gasteiger partial charge < -0.3 is 16.2 Å². The molecular weight excluding hydrogens is 658 g/mol. The third-order valence-electron chi connectivity index (χ3n) is 4.33. The summed E-state index contributed by atoms with van der Waals surface area (Å²) in [6, 6.07) is 24.6. The predicted octanol–water partition coefficient (Wildman–Crippen LogP) is 8.64. The largest absolute Gasteiger partial charge is 3.00 e. The van der Waals surface area contributed by atoms with Gasteiger partial charge in [0.1, 0.15) is 0 Å². The van der Waals surface area contributed by atoms with Crippen LogP contribution in [0.3, 0.4) is 0 Å². The Kier molecular flexibility index (Phi) is 16.5. The van der Waals surface area contributed by atoms with Crippen LogP contribution in [0.5, 0.6) is 0 Å². The molecule has 0 unspecified atom stereocenters. The molecule has 0 aromatic carbocycles. The van der Waals surface area contributed by atoms with Crippen LogP contribution in [-0.2, 0) is 19.5 Å². The first kappa shape index (κ1) is 32.9. The molecule has 5 heterocycles. The molecule has 187 valence electrons. The molecule has 0 aliphatic carbocycles. The number of pyridine rings is 3. The predicted molar refractivity (Wildman–Crippen MR) is 165 cm³/mol. The third kappa shape index (κ3) is 10.3. The maximum atomic E-state index is 7.13. The van der Waals surface area contributed by atoms with Gasteiger partial charge in [-0.1, -0.05) is 54.9 Å². The molecule has 1 radical (unpaired) electrons. The Bertz CT molecular complexity index is 1400. The summed E-state index contributed by atoms with van der Waals surface area (Å²) in [5.41, 5.74) is 4.55. The summed E-state index contributed by atoms with van der Waals surface area (Å²) in [6.07, 6.45) is 3.59. The second kappa shape index (κ2) is 19.0.